The standard InChI is InChI=1S/C26H47NO5/c1-3-5-7-9-10-11-12-13-14-16-21(31-25(29)19-18-24(27)28)20-23-22(26(30)32-23)17-15-8-6-4-2/h21-23H,3-20H2,1-2H3,(H2,27,28)/t21-,22-,23-/m0/s1. The van der Waals surface area contributed by atoms with Gasteiger partial charge in [0.1, 0.15) is 12.2 Å². The highest BCUT2D eigenvalue weighted by Crippen LogP contribution is 2.32. The van der Waals surface area contributed by atoms with Gasteiger partial charge in [-0.3, -0.25) is 14.4 Å². The minimum absolute atomic E-state index is 0.00204. The zero-order valence-electron chi connectivity index (χ0n) is 20.6. The third-order valence-corrected chi connectivity index (χ3v) is 6.39. The molecule has 0 bridgehead atoms. The lowest BCUT2D eigenvalue weighted by Gasteiger charge is -2.37. The minimum Gasteiger partial charge on any atom is -0.462 e. The van der Waals surface area contributed by atoms with Gasteiger partial charge in [-0.1, -0.05) is 90.9 Å². The molecule has 0 aromatic heterocycles. The number of primary amides is 1. The Morgan fingerprint density at radius 2 is 1.44 bits per heavy atom. The third-order valence-electron chi connectivity index (χ3n) is 6.39. The maximum Gasteiger partial charge on any atom is 0.313 e. The van der Waals surface area contributed by atoms with Crippen LogP contribution < -0.4 is 5.73 Å². The van der Waals surface area contributed by atoms with Gasteiger partial charge in [-0.15, -0.1) is 0 Å². The number of carbonyl (C=O) groups is 3. The number of unbranched alkanes of at least 4 members (excludes halogenated alkanes) is 11. The number of hydrogen-bond donors (Lipinski definition) is 1. The molecule has 32 heavy (non-hydrogen) atoms. The highest BCUT2D eigenvalue weighted by atomic mass is 16.6. The lowest BCUT2D eigenvalue weighted by Crippen LogP contribution is -2.47. The highest BCUT2D eigenvalue weighted by molar-refractivity contribution is 5.80. The molecule has 1 heterocycles. The Hall–Kier alpha value is -1.59. The molecule has 6 heteroatoms. The van der Waals surface area contributed by atoms with Crippen LogP contribution in [0.5, 0.6) is 0 Å². The van der Waals surface area contributed by atoms with Crippen LogP contribution in [-0.2, 0) is 23.9 Å². The van der Waals surface area contributed by atoms with Gasteiger partial charge in [-0.05, 0) is 19.3 Å². The van der Waals surface area contributed by atoms with Crippen LogP contribution >= 0.6 is 0 Å². The molecular weight excluding hydrogens is 406 g/mol. The maximum absolute atomic E-state index is 12.2. The zero-order chi connectivity index (χ0) is 23.6. The molecule has 0 aromatic rings. The lowest BCUT2D eigenvalue weighted by molar-refractivity contribution is -0.190. The SMILES string of the molecule is CCCCCCCCCCC[C@@H](C[C@@H]1OC(=O)[C@H]1CCCCCC)OC(=O)CCC(N)=O. The van der Waals surface area contributed by atoms with E-state index in [-0.39, 0.29) is 36.9 Å². The number of esters is 2. The van der Waals surface area contributed by atoms with Gasteiger partial charge in [-0.25, -0.2) is 0 Å². The van der Waals surface area contributed by atoms with Gasteiger partial charge in [0.2, 0.25) is 5.91 Å². The molecule has 0 saturated carbocycles. The second-order valence-corrected chi connectivity index (χ2v) is 9.36. The molecular formula is C26H47NO5. The fourth-order valence-corrected chi connectivity index (χ4v) is 4.34. The van der Waals surface area contributed by atoms with Crippen molar-refractivity contribution in [2.45, 2.75) is 142 Å². The molecule has 1 amide bonds. The summed E-state index contributed by atoms with van der Waals surface area (Å²) in [5.74, 6) is -1.08. The predicted molar refractivity (Wildman–Crippen MR) is 127 cm³/mol. The molecule has 186 valence electrons. The number of carbonyl (C=O) groups excluding carboxylic acids is 3. The van der Waals surface area contributed by atoms with Crippen LogP contribution in [0, 0.1) is 5.92 Å². The van der Waals surface area contributed by atoms with E-state index >= 15 is 0 Å². The van der Waals surface area contributed by atoms with E-state index in [2.05, 4.69) is 13.8 Å². The number of amides is 1. The number of rotatable bonds is 21. The molecule has 0 aliphatic carbocycles. The van der Waals surface area contributed by atoms with Gasteiger partial charge in [0, 0.05) is 12.8 Å². The monoisotopic (exact) mass is 453 g/mol. The summed E-state index contributed by atoms with van der Waals surface area (Å²) in [6.45, 7) is 4.40. The zero-order valence-corrected chi connectivity index (χ0v) is 20.6. The van der Waals surface area contributed by atoms with Crippen molar-refractivity contribution in [1.29, 1.82) is 0 Å². The van der Waals surface area contributed by atoms with Gasteiger partial charge >= 0.3 is 11.9 Å². The van der Waals surface area contributed by atoms with E-state index in [1.54, 1.807) is 0 Å². The lowest BCUT2D eigenvalue weighted by atomic mass is 9.86. The van der Waals surface area contributed by atoms with Crippen LogP contribution in [0.25, 0.3) is 0 Å². The number of hydrogen-bond acceptors (Lipinski definition) is 5. The quantitative estimate of drug-likeness (QED) is 0.170. The van der Waals surface area contributed by atoms with Crippen LogP contribution in [0.3, 0.4) is 0 Å². The second kappa shape index (κ2) is 17.9. The molecule has 1 fully saturated rings. The first-order valence-electron chi connectivity index (χ1n) is 13.2. The van der Waals surface area contributed by atoms with E-state index in [9.17, 15) is 14.4 Å². The van der Waals surface area contributed by atoms with Gasteiger partial charge in [0.15, 0.2) is 0 Å². The molecule has 1 rings (SSSR count). The first kappa shape index (κ1) is 28.4. The first-order valence-corrected chi connectivity index (χ1v) is 13.2. The van der Waals surface area contributed by atoms with Gasteiger partial charge in [-0.2, -0.15) is 0 Å². The van der Waals surface area contributed by atoms with Gasteiger partial charge < -0.3 is 15.2 Å². The normalized spacial score (nSPS) is 18.6. The Morgan fingerprint density at radius 1 is 0.875 bits per heavy atom. The minimum atomic E-state index is -0.502. The molecule has 1 aliphatic heterocycles. The predicted octanol–water partition coefficient (Wildman–Crippen LogP) is 5.99. The molecule has 3 atom stereocenters. The number of nitrogens with two attached hydrogens (primary N) is 1. The summed E-state index contributed by atoms with van der Waals surface area (Å²) in [4.78, 5) is 35.1. The van der Waals surface area contributed by atoms with Crippen LogP contribution in [0.4, 0.5) is 0 Å². The van der Waals surface area contributed by atoms with E-state index in [0.717, 1.165) is 38.5 Å². The van der Waals surface area contributed by atoms with Crippen LogP contribution in [0.1, 0.15) is 129 Å². The Labute approximate surface area is 195 Å². The summed E-state index contributed by atoms with van der Waals surface area (Å²) >= 11 is 0. The van der Waals surface area contributed by atoms with E-state index in [4.69, 9.17) is 15.2 Å². The van der Waals surface area contributed by atoms with Crippen molar-refractivity contribution in [3.05, 3.63) is 0 Å². The Bertz CT molecular complexity index is 536. The molecule has 6 nitrogen and oxygen atoms in total. The summed E-state index contributed by atoms with van der Waals surface area (Å²) in [5, 5.41) is 0. The van der Waals surface area contributed by atoms with Crippen LogP contribution in [0.2, 0.25) is 0 Å². The van der Waals surface area contributed by atoms with Crippen molar-refractivity contribution in [2.24, 2.45) is 11.7 Å². The average Bonchev–Trinajstić information content (AvgIpc) is 2.75. The summed E-state index contributed by atoms with van der Waals surface area (Å²) in [5.41, 5.74) is 5.15. The van der Waals surface area contributed by atoms with Crippen molar-refractivity contribution in [2.75, 3.05) is 0 Å². The maximum atomic E-state index is 12.2. The van der Waals surface area contributed by atoms with Crippen LogP contribution in [-0.4, -0.2) is 30.1 Å². The van der Waals surface area contributed by atoms with E-state index in [0.29, 0.717) is 6.42 Å². The molecule has 0 unspecified atom stereocenters. The largest absolute Gasteiger partial charge is 0.462 e. The summed E-state index contributed by atoms with van der Waals surface area (Å²) < 4.78 is 11.1. The van der Waals surface area contributed by atoms with Crippen LogP contribution in [0.15, 0.2) is 0 Å². The van der Waals surface area contributed by atoms with E-state index in [1.807, 2.05) is 0 Å². The molecule has 1 saturated heterocycles. The topological polar surface area (TPSA) is 95.7 Å². The van der Waals surface area contributed by atoms with Crippen molar-refractivity contribution in [1.82, 2.24) is 0 Å². The Morgan fingerprint density at radius 3 is 2.00 bits per heavy atom. The fourth-order valence-electron chi connectivity index (χ4n) is 4.34. The van der Waals surface area contributed by atoms with Crippen molar-refractivity contribution >= 4 is 17.8 Å². The third kappa shape index (κ3) is 13.1. The van der Waals surface area contributed by atoms with E-state index in [1.165, 1.54) is 57.8 Å². The summed E-state index contributed by atoms with van der Waals surface area (Å²) in [7, 11) is 0. The first-order chi connectivity index (χ1) is 15.5. The van der Waals surface area contributed by atoms with Gasteiger partial charge in [0.25, 0.3) is 0 Å². The Kier molecular flexibility index (Phi) is 15.9. The number of cyclic esters (lactones) is 1. The summed E-state index contributed by atoms with van der Waals surface area (Å²) in [6.07, 6.45) is 17.4. The fraction of sp³-hybridized carbons (Fsp3) is 0.885. The molecule has 0 spiro atoms. The second-order valence-electron chi connectivity index (χ2n) is 9.36. The van der Waals surface area contributed by atoms with Gasteiger partial charge in [0.05, 0.1) is 12.3 Å². The molecule has 0 aromatic carbocycles. The molecule has 0 radical (unpaired) electrons. The molecule has 2 N–H and O–H groups in total. The number of ether oxygens (including phenoxy) is 2. The highest BCUT2D eigenvalue weighted by Gasteiger charge is 2.43. The van der Waals surface area contributed by atoms with E-state index < -0.39 is 11.9 Å². The van der Waals surface area contributed by atoms with Crippen molar-refractivity contribution in [3.63, 3.8) is 0 Å². The summed E-state index contributed by atoms with van der Waals surface area (Å²) in [6, 6.07) is 0. The Balaban J connectivity index is 2.40. The molecule has 1 aliphatic rings. The smallest absolute Gasteiger partial charge is 0.313 e. The van der Waals surface area contributed by atoms with Crippen molar-refractivity contribution < 1.29 is 23.9 Å². The van der Waals surface area contributed by atoms with Crippen molar-refractivity contribution in [3.8, 4) is 0 Å². The average molecular weight is 454 g/mol.